The minimum absolute atomic E-state index is 0.110. The average molecular weight is 272 g/mol. The highest BCUT2D eigenvalue weighted by Crippen LogP contribution is 2.22. The molecule has 104 valence electrons. The molecule has 2 unspecified atom stereocenters. The summed E-state index contributed by atoms with van der Waals surface area (Å²) in [5.41, 5.74) is -0.110. The lowest BCUT2D eigenvalue weighted by Gasteiger charge is -2.20. The summed E-state index contributed by atoms with van der Waals surface area (Å²) in [4.78, 5) is 11.6. The van der Waals surface area contributed by atoms with Gasteiger partial charge in [-0.1, -0.05) is 32.5 Å². The maximum atomic E-state index is 11.6. The molecule has 1 aromatic rings. The van der Waals surface area contributed by atoms with Gasteiger partial charge in [-0.3, -0.25) is 4.57 Å². The Labute approximate surface area is 113 Å². The van der Waals surface area contributed by atoms with Crippen LogP contribution in [0.15, 0.2) is 9.95 Å². The van der Waals surface area contributed by atoms with E-state index in [4.69, 9.17) is 0 Å². The summed E-state index contributed by atoms with van der Waals surface area (Å²) >= 11 is 1.65. The van der Waals surface area contributed by atoms with Crippen LogP contribution in [0, 0.1) is 0 Å². The number of hydrogen-bond acceptors (Lipinski definition) is 4. The van der Waals surface area contributed by atoms with Crippen molar-refractivity contribution in [3.05, 3.63) is 10.5 Å². The number of rotatable bonds is 8. The number of aromatic nitrogens is 3. The Hall–Kier alpha value is -0.750. The van der Waals surface area contributed by atoms with Crippen LogP contribution < -0.4 is 11.0 Å². The second kappa shape index (κ2) is 7.63. The molecule has 1 rings (SSSR count). The fourth-order valence-corrected chi connectivity index (χ4v) is 2.65. The van der Waals surface area contributed by atoms with Crippen molar-refractivity contribution in [3.8, 4) is 0 Å². The summed E-state index contributed by atoms with van der Waals surface area (Å²) < 4.78 is 1.72. The molecule has 2 atom stereocenters. The van der Waals surface area contributed by atoms with Gasteiger partial charge in [-0.25, -0.2) is 9.89 Å². The second-order valence-electron chi connectivity index (χ2n) is 4.53. The topological polar surface area (TPSA) is 62.7 Å². The molecular formula is C12H24N4OS. The molecule has 0 saturated carbocycles. The van der Waals surface area contributed by atoms with Gasteiger partial charge in [0.05, 0.1) is 0 Å². The third kappa shape index (κ3) is 4.17. The van der Waals surface area contributed by atoms with E-state index in [2.05, 4.69) is 43.2 Å². The molecule has 6 heteroatoms. The van der Waals surface area contributed by atoms with Crippen molar-refractivity contribution in [2.75, 3.05) is 6.54 Å². The van der Waals surface area contributed by atoms with Crippen molar-refractivity contribution in [2.24, 2.45) is 0 Å². The normalized spacial score (nSPS) is 14.7. The Balaban J connectivity index is 2.63. The zero-order chi connectivity index (χ0) is 13.5. The molecule has 0 saturated heterocycles. The molecule has 0 spiro atoms. The summed E-state index contributed by atoms with van der Waals surface area (Å²) in [5.74, 6) is 0. The third-order valence-corrected chi connectivity index (χ3v) is 4.18. The molecule has 0 amide bonds. The van der Waals surface area contributed by atoms with Crippen molar-refractivity contribution < 1.29 is 0 Å². The van der Waals surface area contributed by atoms with Crippen LogP contribution in [-0.4, -0.2) is 32.6 Å². The number of thioether (sulfide) groups is 1. The highest BCUT2D eigenvalue weighted by molar-refractivity contribution is 7.99. The van der Waals surface area contributed by atoms with Crippen LogP contribution >= 0.6 is 11.8 Å². The van der Waals surface area contributed by atoms with Crippen molar-refractivity contribution in [2.45, 2.75) is 63.5 Å². The van der Waals surface area contributed by atoms with Gasteiger partial charge in [0.2, 0.25) is 0 Å². The molecule has 5 nitrogen and oxygen atoms in total. The molecular weight excluding hydrogens is 248 g/mol. The van der Waals surface area contributed by atoms with Crippen LogP contribution in [0.25, 0.3) is 0 Å². The van der Waals surface area contributed by atoms with Gasteiger partial charge in [-0.2, -0.15) is 0 Å². The molecule has 18 heavy (non-hydrogen) atoms. The van der Waals surface area contributed by atoms with Crippen LogP contribution in [0.1, 0.15) is 40.5 Å². The van der Waals surface area contributed by atoms with Crippen molar-refractivity contribution in [1.29, 1.82) is 0 Å². The van der Waals surface area contributed by atoms with E-state index in [0.717, 1.165) is 31.1 Å². The first-order valence-electron chi connectivity index (χ1n) is 6.65. The zero-order valence-electron chi connectivity index (χ0n) is 11.7. The van der Waals surface area contributed by atoms with Crippen LogP contribution in [-0.2, 0) is 6.54 Å². The van der Waals surface area contributed by atoms with Gasteiger partial charge in [-0.15, -0.1) is 5.10 Å². The molecule has 0 aromatic carbocycles. The predicted molar refractivity (Wildman–Crippen MR) is 76.2 cm³/mol. The van der Waals surface area contributed by atoms with Crippen molar-refractivity contribution >= 4 is 11.8 Å². The molecule has 1 aromatic heterocycles. The van der Waals surface area contributed by atoms with E-state index in [1.807, 2.05) is 0 Å². The Morgan fingerprint density at radius 2 is 2.11 bits per heavy atom. The number of H-pyrrole nitrogens is 1. The Kier molecular flexibility index (Phi) is 6.49. The lowest BCUT2D eigenvalue weighted by molar-refractivity contribution is 0.538. The SMILES string of the molecule is CCCNC(C)C(C)Sc1n[nH]c(=O)n1CCC. The lowest BCUT2D eigenvalue weighted by Crippen LogP contribution is -2.34. The van der Waals surface area contributed by atoms with E-state index in [-0.39, 0.29) is 5.69 Å². The standard InChI is InChI=1S/C12H24N4OS/c1-5-7-13-9(3)10(4)18-12-15-14-11(17)16(12)8-6-2/h9-10,13H,5-8H2,1-4H3,(H,14,17). The van der Waals surface area contributed by atoms with E-state index in [1.54, 1.807) is 16.3 Å². The molecule has 0 bridgehead atoms. The van der Waals surface area contributed by atoms with E-state index in [1.165, 1.54) is 0 Å². The lowest BCUT2D eigenvalue weighted by atomic mass is 10.2. The maximum Gasteiger partial charge on any atom is 0.343 e. The second-order valence-corrected chi connectivity index (χ2v) is 5.87. The summed E-state index contributed by atoms with van der Waals surface area (Å²) in [6.07, 6.45) is 2.07. The highest BCUT2D eigenvalue weighted by Gasteiger charge is 2.17. The Bertz CT molecular complexity index is 401. The Morgan fingerprint density at radius 3 is 2.72 bits per heavy atom. The molecule has 0 aliphatic carbocycles. The van der Waals surface area contributed by atoms with E-state index >= 15 is 0 Å². The fraction of sp³-hybridized carbons (Fsp3) is 0.833. The molecule has 0 aliphatic rings. The fourth-order valence-electron chi connectivity index (χ4n) is 1.62. The zero-order valence-corrected chi connectivity index (χ0v) is 12.5. The van der Waals surface area contributed by atoms with Crippen LogP contribution in [0.2, 0.25) is 0 Å². The molecule has 2 N–H and O–H groups in total. The number of nitrogens with zero attached hydrogens (tertiary/aromatic N) is 2. The molecule has 0 fully saturated rings. The van der Waals surface area contributed by atoms with Gasteiger partial charge in [-0.05, 0) is 26.3 Å². The van der Waals surface area contributed by atoms with Gasteiger partial charge in [0.15, 0.2) is 5.16 Å². The first-order chi connectivity index (χ1) is 8.60. The maximum absolute atomic E-state index is 11.6. The summed E-state index contributed by atoms with van der Waals surface area (Å²) in [5, 5.41) is 11.3. The number of aromatic amines is 1. The van der Waals surface area contributed by atoms with Gasteiger partial charge in [0.25, 0.3) is 0 Å². The largest absolute Gasteiger partial charge is 0.343 e. The minimum Gasteiger partial charge on any atom is -0.313 e. The molecule has 0 aliphatic heterocycles. The summed E-state index contributed by atoms with van der Waals surface area (Å²) in [6, 6.07) is 0.400. The third-order valence-electron chi connectivity index (χ3n) is 2.88. The van der Waals surface area contributed by atoms with Crippen molar-refractivity contribution in [1.82, 2.24) is 20.1 Å². The van der Waals surface area contributed by atoms with Crippen LogP contribution in [0.5, 0.6) is 0 Å². The summed E-state index contributed by atoms with van der Waals surface area (Å²) in [6.45, 7) is 10.3. The average Bonchev–Trinajstić information content (AvgIpc) is 2.69. The van der Waals surface area contributed by atoms with Gasteiger partial charge in [0, 0.05) is 17.8 Å². The highest BCUT2D eigenvalue weighted by atomic mass is 32.2. The number of nitrogens with one attached hydrogen (secondary N) is 2. The van der Waals surface area contributed by atoms with Crippen LogP contribution in [0.4, 0.5) is 0 Å². The van der Waals surface area contributed by atoms with Gasteiger partial charge in [0.1, 0.15) is 0 Å². The number of hydrogen-bond donors (Lipinski definition) is 2. The minimum atomic E-state index is -0.110. The predicted octanol–water partition coefficient (Wildman–Crippen LogP) is 1.85. The molecule has 0 radical (unpaired) electrons. The summed E-state index contributed by atoms with van der Waals surface area (Å²) in [7, 11) is 0. The van der Waals surface area contributed by atoms with E-state index in [0.29, 0.717) is 11.3 Å². The van der Waals surface area contributed by atoms with Crippen LogP contribution in [0.3, 0.4) is 0 Å². The van der Waals surface area contributed by atoms with Crippen molar-refractivity contribution in [3.63, 3.8) is 0 Å². The first kappa shape index (κ1) is 15.3. The van der Waals surface area contributed by atoms with Gasteiger partial charge >= 0.3 is 5.69 Å². The quantitative estimate of drug-likeness (QED) is 0.709. The Morgan fingerprint density at radius 1 is 1.39 bits per heavy atom. The van der Waals surface area contributed by atoms with E-state index < -0.39 is 0 Å². The monoisotopic (exact) mass is 272 g/mol. The first-order valence-corrected chi connectivity index (χ1v) is 7.53. The smallest absolute Gasteiger partial charge is 0.313 e. The van der Waals surface area contributed by atoms with Gasteiger partial charge < -0.3 is 5.32 Å². The van der Waals surface area contributed by atoms with E-state index in [9.17, 15) is 4.79 Å². The molecule has 1 heterocycles.